The number of nitriles is 1. The highest BCUT2D eigenvalue weighted by Crippen LogP contribution is 2.21. The fraction of sp³-hybridized carbons (Fsp3) is 0.846. The smallest absolute Gasteiger partial charge is 0.224 e. The summed E-state index contributed by atoms with van der Waals surface area (Å²) in [4.78, 5) is 14.0. The van der Waals surface area contributed by atoms with Crippen LogP contribution in [0.1, 0.15) is 39.5 Å². The molecule has 0 unspecified atom stereocenters. The van der Waals surface area contributed by atoms with Crippen LogP contribution in [0.3, 0.4) is 0 Å². The summed E-state index contributed by atoms with van der Waals surface area (Å²) in [5.41, 5.74) is 0. The van der Waals surface area contributed by atoms with Gasteiger partial charge in [-0.25, -0.2) is 0 Å². The maximum Gasteiger partial charge on any atom is 0.224 e. The number of hydrogen-bond donors (Lipinski definition) is 1. The molecule has 2 atom stereocenters. The second kappa shape index (κ2) is 7.29. The maximum absolute atomic E-state index is 11.9. The summed E-state index contributed by atoms with van der Waals surface area (Å²) in [6.07, 6.45) is 4.09. The van der Waals surface area contributed by atoms with Gasteiger partial charge in [0.15, 0.2) is 0 Å². The van der Waals surface area contributed by atoms with E-state index in [9.17, 15) is 4.79 Å². The van der Waals surface area contributed by atoms with Crippen LogP contribution < -0.4 is 5.32 Å². The van der Waals surface area contributed by atoms with E-state index in [1.165, 1.54) is 0 Å². The highest BCUT2D eigenvalue weighted by atomic mass is 16.1. The predicted octanol–water partition coefficient (Wildman–Crippen LogP) is 1.53. The van der Waals surface area contributed by atoms with Crippen molar-refractivity contribution in [3.05, 3.63) is 0 Å². The normalized spacial score (nSPS) is 25.2. The summed E-state index contributed by atoms with van der Waals surface area (Å²) in [5, 5.41) is 11.7. The minimum Gasteiger partial charge on any atom is -0.356 e. The number of hydrogen-bond acceptors (Lipinski definition) is 3. The molecule has 0 aromatic rings. The molecule has 1 amide bonds. The molecule has 0 aliphatic carbocycles. The van der Waals surface area contributed by atoms with E-state index in [1.54, 1.807) is 0 Å². The summed E-state index contributed by atoms with van der Waals surface area (Å²) < 4.78 is 0. The summed E-state index contributed by atoms with van der Waals surface area (Å²) in [6, 6.07) is 2.60. The Labute approximate surface area is 104 Å². The molecule has 17 heavy (non-hydrogen) atoms. The monoisotopic (exact) mass is 237 g/mol. The quantitative estimate of drug-likeness (QED) is 0.582. The third kappa shape index (κ3) is 4.35. The van der Waals surface area contributed by atoms with Crippen LogP contribution in [-0.2, 0) is 4.79 Å². The molecule has 1 heterocycles. The third-order valence-corrected chi connectivity index (χ3v) is 3.49. The Bertz CT molecular complexity index is 285. The van der Waals surface area contributed by atoms with Gasteiger partial charge in [0.2, 0.25) is 5.91 Å². The Morgan fingerprint density at radius 1 is 1.53 bits per heavy atom. The maximum atomic E-state index is 11.9. The number of nitrogens with zero attached hydrogens (tertiary/aromatic N) is 2. The second-order valence-electron chi connectivity index (χ2n) is 4.86. The standard InChI is InChI=1S/C13H23N3O/c1-3-4-8-15-13(17)12-6-5-11(2)16(10-12)9-7-14/h11-12H,3-6,8-10H2,1-2H3,(H,15,17)/t11-,12+/m0/s1. The minimum absolute atomic E-state index is 0.0661. The lowest BCUT2D eigenvalue weighted by atomic mass is 9.92. The molecule has 0 bridgehead atoms. The van der Waals surface area contributed by atoms with E-state index in [1.807, 2.05) is 0 Å². The average molecular weight is 237 g/mol. The molecule has 0 radical (unpaired) electrons. The Morgan fingerprint density at radius 3 is 2.94 bits per heavy atom. The van der Waals surface area contributed by atoms with Crippen LogP contribution in [0.5, 0.6) is 0 Å². The molecule has 0 aromatic carbocycles. The van der Waals surface area contributed by atoms with Crippen molar-refractivity contribution < 1.29 is 4.79 Å². The molecule has 4 nitrogen and oxygen atoms in total. The summed E-state index contributed by atoms with van der Waals surface area (Å²) in [7, 11) is 0. The Morgan fingerprint density at radius 2 is 2.29 bits per heavy atom. The van der Waals surface area contributed by atoms with Gasteiger partial charge >= 0.3 is 0 Å². The first kappa shape index (κ1) is 14.0. The van der Waals surface area contributed by atoms with Gasteiger partial charge in [-0.15, -0.1) is 0 Å². The molecule has 1 aliphatic heterocycles. The van der Waals surface area contributed by atoms with Crippen LogP contribution in [0.4, 0.5) is 0 Å². The van der Waals surface area contributed by atoms with Crippen molar-refractivity contribution in [3.8, 4) is 6.07 Å². The van der Waals surface area contributed by atoms with E-state index < -0.39 is 0 Å². The van der Waals surface area contributed by atoms with Crippen molar-refractivity contribution in [1.29, 1.82) is 5.26 Å². The number of rotatable bonds is 5. The van der Waals surface area contributed by atoms with E-state index in [0.29, 0.717) is 12.6 Å². The Kier molecular flexibility index (Phi) is 5.99. The van der Waals surface area contributed by atoms with Gasteiger partial charge in [-0.1, -0.05) is 13.3 Å². The van der Waals surface area contributed by atoms with E-state index >= 15 is 0 Å². The molecule has 0 spiro atoms. The zero-order valence-electron chi connectivity index (χ0n) is 10.9. The van der Waals surface area contributed by atoms with Crippen LogP contribution in [0.2, 0.25) is 0 Å². The van der Waals surface area contributed by atoms with Crippen LogP contribution >= 0.6 is 0 Å². The van der Waals surface area contributed by atoms with Crippen molar-refractivity contribution in [2.75, 3.05) is 19.6 Å². The van der Waals surface area contributed by atoms with Crippen LogP contribution in [-0.4, -0.2) is 36.5 Å². The third-order valence-electron chi connectivity index (χ3n) is 3.49. The summed E-state index contributed by atoms with van der Waals surface area (Å²) >= 11 is 0. The van der Waals surface area contributed by atoms with Crippen LogP contribution in [0.25, 0.3) is 0 Å². The van der Waals surface area contributed by atoms with Crippen molar-refractivity contribution in [2.24, 2.45) is 5.92 Å². The van der Waals surface area contributed by atoms with Crippen molar-refractivity contribution in [3.63, 3.8) is 0 Å². The van der Waals surface area contributed by atoms with E-state index in [0.717, 1.165) is 38.8 Å². The van der Waals surface area contributed by atoms with Gasteiger partial charge in [0, 0.05) is 19.1 Å². The molecule has 1 saturated heterocycles. The van der Waals surface area contributed by atoms with Gasteiger partial charge in [-0.3, -0.25) is 9.69 Å². The van der Waals surface area contributed by atoms with Gasteiger partial charge in [0.1, 0.15) is 0 Å². The highest BCUT2D eigenvalue weighted by molar-refractivity contribution is 5.78. The number of unbranched alkanes of at least 4 members (excludes halogenated alkanes) is 1. The van der Waals surface area contributed by atoms with Crippen molar-refractivity contribution in [2.45, 2.75) is 45.6 Å². The molecule has 96 valence electrons. The number of carbonyl (C=O) groups is 1. The first-order valence-corrected chi connectivity index (χ1v) is 6.57. The molecule has 1 N–H and O–H groups in total. The zero-order chi connectivity index (χ0) is 12.7. The predicted molar refractivity (Wildman–Crippen MR) is 67.3 cm³/mol. The van der Waals surface area contributed by atoms with Crippen molar-refractivity contribution >= 4 is 5.91 Å². The minimum atomic E-state index is 0.0661. The zero-order valence-corrected chi connectivity index (χ0v) is 10.9. The lowest BCUT2D eigenvalue weighted by molar-refractivity contribution is -0.127. The first-order chi connectivity index (χ1) is 8.19. The molecule has 1 fully saturated rings. The molecule has 4 heteroatoms. The number of carbonyl (C=O) groups excluding carboxylic acids is 1. The van der Waals surface area contributed by atoms with Crippen LogP contribution in [0.15, 0.2) is 0 Å². The van der Waals surface area contributed by atoms with Gasteiger partial charge in [0.25, 0.3) is 0 Å². The topological polar surface area (TPSA) is 56.1 Å². The molecule has 0 saturated carbocycles. The number of nitrogens with one attached hydrogen (secondary N) is 1. The van der Waals surface area contributed by atoms with Gasteiger partial charge < -0.3 is 5.32 Å². The molecular formula is C13H23N3O. The molecular weight excluding hydrogens is 214 g/mol. The molecule has 1 rings (SSSR count). The van der Waals surface area contributed by atoms with Gasteiger partial charge in [-0.2, -0.15) is 5.26 Å². The number of amides is 1. The lowest BCUT2D eigenvalue weighted by Gasteiger charge is -2.35. The second-order valence-corrected chi connectivity index (χ2v) is 4.86. The lowest BCUT2D eigenvalue weighted by Crippen LogP contribution is -2.47. The average Bonchev–Trinajstić information content (AvgIpc) is 2.32. The highest BCUT2D eigenvalue weighted by Gasteiger charge is 2.29. The largest absolute Gasteiger partial charge is 0.356 e. The molecule has 0 aromatic heterocycles. The van der Waals surface area contributed by atoms with Gasteiger partial charge in [0.05, 0.1) is 18.5 Å². The van der Waals surface area contributed by atoms with Crippen LogP contribution in [0, 0.1) is 17.2 Å². The summed E-state index contributed by atoms with van der Waals surface area (Å²) in [5.74, 6) is 0.227. The number of likely N-dealkylation sites (tertiary alicyclic amines) is 1. The van der Waals surface area contributed by atoms with Gasteiger partial charge in [-0.05, 0) is 26.2 Å². The summed E-state index contributed by atoms with van der Waals surface area (Å²) in [6.45, 7) is 6.18. The Hall–Kier alpha value is -1.08. The van der Waals surface area contributed by atoms with E-state index in [2.05, 4.69) is 30.1 Å². The number of piperidine rings is 1. The SMILES string of the molecule is CCCCNC(=O)[C@@H]1CC[C@H](C)N(CC#N)C1. The fourth-order valence-electron chi connectivity index (χ4n) is 2.24. The van der Waals surface area contributed by atoms with Crippen molar-refractivity contribution in [1.82, 2.24) is 10.2 Å². The first-order valence-electron chi connectivity index (χ1n) is 6.57. The fourth-order valence-corrected chi connectivity index (χ4v) is 2.24. The Balaban J connectivity index is 2.39. The van der Waals surface area contributed by atoms with E-state index in [-0.39, 0.29) is 11.8 Å². The molecule has 1 aliphatic rings. The van der Waals surface area contributed by atoms with E-state index in [4.69, 9.17) is 5.26 Å².